The molecule has 0 aliphatic heterocycles. The van der Waals surface area contributed by atoms with Crippen molar-refractivity contribution in [2.24, 2.45) is 11.0 Å². The summed E-state index contributed by atoms with van der Waals surface area (Å²) < 4.78 is 5.65. The molecule has 0 saturated carbocycles. The Morgan fingerprint density at radius 2 is 2.09 bits per heavy atom. The third-order valence-corrected chi connectivity index (χ3v) is 3.15. The molecule has 0 aliphatic rings. The fourth-order valence-corrected chi connectivity index (χ4v) is 1.79. The van der Waals surface area contributed by atoms with E-state index in [4.69, 9.17) is 4.74 Å². The van der Waals surface area contributed by atoms with Crippen LogP contribution in [0.2, 0.25) is 0 Å². The number of benzene rings is 1. The van der Waals surface area contributed by atoms with E-state index in [1.165, 1.54) is 6.20 Å². The lowest BCUT2D eigenvalue weighted by atomic mass is 10.1. The maximum atomic E-state index is 11.8. The van der Waals surface area contributed by atoms with Gasteiger partial charge in [0.05, 0.1) is 18.4 Å². The number of hydrazone groups is 1. The fourth-order valence-electron chi connectivity index (χ4n) is 1.79. The Labute approximate surface area is 136 Å². The first-order valence-electron chi connectivity index (χ1n) is 7.61. The summed E-state index contributed by atoms with van der Waals surface area (Å²) >= 11 is 0. The quantitative estimate of drug-likeness (QED) is 0.630. The van der Waals surface area contributed by atoms with Gasteiger partial charge in [-0.25, -0.2) is 5.43 Å². The molecule has 1 aromatic carbocycles. The highest BCUT2D eigenvalue weighted by molar-refractivity contribution is 5.94. The fraction of sp³-hybridized carbons (Fsp3) is 0.278. The van der Waals surface area contributed by atoms with Crippen LogP contribution >= 0.6 is 0 Å². The number of rotatable bonds is 7. The van der Waals surface area contributed by atoms with Crippen LogP contribution in [0.5, 0.6) is 5.75 Å². The molecule has 1 amide bonds. The second-order valence-electron chi connectivity index (χ2n) is 5.54. The Kier molecular flexibility index (Phi) is 6.29. The zero-order valence-electron chi connectivity index (χ0n) is 13.4. The second kappa shape index (κ2) is 8.68. The van der Waals surface area contributed by atoms with Gasteiger partial charge in [0.2, 0.25) is 0 Å². The lowest BCUT2D eigenvalue weighted by Crippen LogP contribution is -2.17. The molecule has 0 saturated heterocycles. The average Bonchev–Trinajstić information content (AvgIpc) is 2.57. The van der Waals surface area contributed by atoms with Crippen molar-refractivity contribution in [3.05, 3.63) is 59.9 Å². The summed E-state index contributed by atoms with van der Waals surface area (Å²) in [4.78, 5) is 15.7. The summed E-state index contributed by atoms with van der Waals surface area (Å²) in [7, 11) is 0. The highest BCUT2D eigenvalue weighted by Crippen LogP contribution is 2.12. The molecule has 0 bridgehead atoms. The summed E-state index contributed by atoms with van der Waals surface area (Å²) in [6, 6.07) is 11.0. The van der Waals surface area contributed by atoms with Gasteiger partial charge in [-0.2, -0.15) is 5.10 Å². The summed E-state index contributed by atoms with van der Waals surface area (Å²) in [6.45, 7) is 5.05. The van der Waals surface area contributed by atoms with Crippen molar-refractivity contribution in [2.75, 3.05) is 6.61 Å². The molecule has 120 valence electrons. The van der Waals surface area contributed by atoms with Crippen molar-refractivity contribution < 1.29 is 9.53 Å². The molecule has 0 atom stereocenters. The molecule has 0 spiro atoms. The smallest absolute Gasteiger partial charge is 0.272 e. The minimum Gasteiger partial charge on any atom is -0.494 e. The number of nitrogens with one attached hydrogen (secondary N) is 1. The van der Waals surface area contributed by atoms with E-state index < -0.39 is 0 Å². The molecule has 0 radical (unpaired) electrons. The van der Waals surface area contributed by atoms with Gasteiger partial charge in [0.25, 0.3) is 5.91 Å². The van der Waals surface area contributed by atoms with E-state index in [9.17, 15) is 4.79 Å². The van der Waals surface area contributed by atoms with Gasteiger partial charge in [-0.15, -0.1) is 0 Å². The molecule has 0 aliphatic carbocycles. The lowest BCUT2D eigenvalue weighted by Gasteiger charge is -2.07. The van der Waals surface area contributed by atoms with Crippen molar-refractivity contribution >= 4 is 12.1 Å². The molecular formula is C18H21N3O2. The van der Waals surface area contributed by atoms with Crippen LogP contribution in [-0.2, 0) is 0 Å². The number of nitrogens with zero attached hydrogens (tertiary/aromatic N) is 2. The molecule has 1 aromatic heterocycles. The van der Waals surface area contributed by atoms with Gasteiger partial charge in [0, 0.05) is 12.4 Å². The normalized spacial score (nSPS) is 10.9. The maximum absolute atomic E-state index is 11.8. The molecule has 5 heteroatoms. The van der Waals surface area contributed by atoms with Crippen molar-refractivity contribution in [2.45, 2.75) is 20.3 Å². The Morgan fingerprint density at radius 1 is 1.30 bits per heavy atom. The monoisotopic (exact) mass is 311 g/mol. The SMILES string of the molecule is CC(C)CCOc1ccc(/C=N\NC(=O)c2cccnc2)cc1. The molecule has 5 nitrogen and oxygen atoms in total. The third kappa shape index (κ3) is 5.90. The van der Waals surface area contributed by atoms with E-state index >= 15 is 0 Å². The topological polar surface area (TPSA) is 63.6 Å². The largest absolute Gasteiger partial charge is 0.494 e. The first-order valence-corrected chi connectivity index (χ1v) is 7.61. The number of ether oxygens (including phenoxy) is 1. The number of carbonyl (C=O) groups is 1. The number of aromatic nitrogens is 1. The van der Waals surface area contributed by atoms with Gasteiger partial charge >= 0.3 is 0 Å². The maximum Gasteiger partial charge on any atom is 0.272 e. The summed E-state index contributed by atoms with van der Waals surface area (Å²) in [5, 5.41) is 3.94. The van der Waals surface area contributed by atoms with E-state index in [-0.39, 0.29) is 5.91 Å². The van der Waals surface area contributed by atoms with E-state index in [1.54, 1.807) is 24.5 Å². The van der Waals surface area contributed by atoms with Crippen LogP contribution in [-0.4, -0.2) is 23.7 Å². The number of amides is 1. The van der Waals surface area contributed by atoms with Crippen LogP contribution in [0, 0.1) is 5.92 Å². The summed E-state index contributed by atoms with van der Waals surface area (Å²) in [5.41, 5.74) is 3.82. The van der Waals surface area contributed by atoms with Gasteiger partial charge in [-0.1, -0.05) is 13.8 Å². The van der Waals surface area contributed by atoms with Crippen LogP contribution in [0.1, 0.15) is 36.2 Å². The van der Waals surface area contributed by atoms with Crippen LogP contribution < -0.4 is 10.2 Å². The predicted octanol–water partition coefficient (Wildman–Crippen LogP) is 3.27. The van der Waals surface area contributed by atoms with Crippen LogP contribution in [0.15, 0.2) is 53.9 Å². The van der Waals surface area contributed by atoms with Crippen molar-refractivity contribution in [3.8, 4) is 5.75 Å². The second-order valence-corrected chi connectivity index (χ2v) is 5.54. The van der Waals surface area contributed by atoms with E-state index in [0.717, 1.165) is 17.7 Å². The standard InChI is InChI=1S/C18H21N3O2/c1-14(2)9-11-23-17-7-5-15(6-8-17)12-20-21-18(22)16-4-3-10-19-13-16/h3-8,10,12-14H,9,11H2,1-2H3,(H,21,22)/b20-12-. The van der Waals surface area contributed by atoms with Gasteiger partial charge in [-0.3, -0.25) is 9.78 Å². The highest BCUT2D eigenvalue weighted by atomic mass is 16.5. The van der Waals surface area contributed by atoms with Crippen LogP contribution in [0.25, 0.3) is 0 Å². The molecule has 0 unspecified atom stereocenters. The Morgan fingerprint density at radius 3 is 2.74 bits per heavy atom. The number of pyridine rings is 1. The Bertz CT molecular complexity index is 637. The van der Waals surface area contributed by atoms with E-state index in [2.05, 4.69) is 29.4 Å². The Balaban J connectivity index is 1.82. The van der Waals surface area contributed by atoms with Gasteiger partial charge in [0.15, 0.2) is 0 Å². The minimum atomic E-state index is -0.289. The summed E-state index contributed by atoms with van der Waals surface area (Å²) in [5.74, 6) is 1.18. The molecule has 0 fully saturated rings. The van der Waals surface area contributed by atoms with Gasteiger partial charge in [0.1, 0.15) is 5.75 Å². The average molecular weight is 311 g/mol. The van der Waals surface area contributed by atoms with Crippen LogP contribution in [0.4, 0.5) is 0 Å². The highest BCUT2D eigenvalue weighted by Gasteiger charge is 2.02. The van der Waals surface area contributed by atoms with Crippen molar-refractivity contribution in [3.63, 3.8) is 0 Å². The molecule has 2 aromatic rings. The molecule has 2 rings (SSSR count). The van der Waals surface area contributed by atoms with Crippen molar-refractivity contribution in [1.29, 1.82) is 0 Å². The van der Waals surface area contributed by atoms with Crippen LogP contribution in [0.3, 0.4) is 0 Å². The first-order chi connectivity index (χ1) is 11.1. The molecule has 1 heterocycles. The van der Waals surface area contributed by atoms with Crippen molar-refractivity contribution in [1.82, 2.24) is 10.4 Å². The third-order valence-electron chi connectivity index (χ3n) is 3.15. The van der Waals surface area contributed by atoms with E-state index in [1.807, 2.05) is 24.3 Å². The number of carbonyl (C=O) groups excluding carboxylic acids is 1. The van der Waals surface area contributed by atoms with Gasteiger partial charge < -0.3 is 4.74 Å². The van der Waals surface area contributed by atoms with E-state index in [0.29, 0.717) is 18.1 Å². The molecule has 23 heavy (non-hydrogen) atoms. The number of hydrogen-bond acceptors (Lipinski definition) is 4. The zero-order chi connectivity index (χ0) is 16.5. The number of hydrogen-bond donors (Lipinski definition) is 1. The predicted molar refractivity (Wildman–Crippen MR) is 90.7 cm³/mol. The Hall–Kier alpha value is -2.69. The lowest BCUT2D eigenvalue weighted by molar-refractivity contribution is 0.0955. The summed E-state index contributed by atoms with van der Waals surface area (Å²) in [6.07, 6.45) is 5.73. The van der Waals surface area contributed by atoms with Gasteiger partial charge in [-0.05, 0) is 54.3 Å². The molecular weight excluding hydrogens is 290 g/mol. The zero-order valence-corrected chi connectivity index (χ0v) is 13.4. The molecule has 1 N–H and O–H groups in total. The first kappa shape index (κ1) is 16.7. The minimum absolute atomic E-state index is 0.289.